The molecule has 1 atom stereocenters. The molecule has 1 aromatic rings. The van der Waals surface area contributed by atoms with E-state index in [0.717, 1.165) is 13.1 Å². The number of aliphatic hydroxyl groups is 1. The van der Waals surface area contributed by atoms with Gasteiger partial charge in [-0.1, -0.05) is 18.2 Å². The quantitative estimate of drug-likeness (QED) is 0.654. The zero-order valence-electron chi connectivity index (χ0n) is 7.48. The summed E-state index contributed by atoms with van der Waals surface area (Å²) in [4.78, 5) is 2.18. The molecule has 70 valence electrons. The summed E-state index contributed by atoms with van der Waals surface area (Å²) >= 11 is 0. The molecular formula is C10H14N2O. The molecule has 1 saturated heterocycles. The maximum absolute atomic E-state index is 9.39. The van der Waals surface area contributed by atoms with E-state index in [9.17, 15) is 5.11 Å². The summed E-state index contributed by atoms with van der Waals surface area (Å²) in [5, 5.41) is 12.4. The SMILES string of the molecule is OC1CN(c2ccccc2)CCN1. The minimum absolute atomic E-state index is 0.394. The van der Waals surface area contributed by atoms with Gasteiger partial charge in [-0.05, 0) is 12.1 Å². The number of nitrogens with zero attached hydrogens (tertiary/aromatic N) is 1. The summed E-state index contributed by atoms with van der Waals surface area (Å²) < 4.78 is 0. The van der Waals surface area contributed by atoms with Crippen molar-refractivity contribution in [3.63, 3.8) is 0 Å². The zero-order chi connectivity index (χ0) is 9.10. The lowest BCUT2D eigenvalue weighted by Crippen LogP contribution is -2.50. The molecule has 2 rings (SSSR count). The van der Waals surface area contributed by atoms with Crippen LogP contribution in [0.25, 0.3) is 0 Å². The van der Waals surface area contributed by atoms with Crippen LogP contribution in [-0.4, -0.2) is 31.0 Å². The van der Waals surface area contributed by atoms with Gasteiger partial charge in [-0.3, -0.25) is 5.32 Å². The topological polar surface area (TPSA) is 35.5 Å². The fourth-order valence-corrected chi connectivity index (χ4v) is 1.60. The number of hydrogen-bond acceptors (Lipinski definition) is 3. The fourth-order valence-electron chi connectivity index (χ4n) is 1.60. The number of β-amino-alcohol motifs (C(OH)–C–C–N with tert-alkyl or cyclic N) is 1. The van der Waals surface area contributed by atoms with Crippen molar-refractivity contribution in [1.82, 2.24) is 5.32 Å². The normalized spacial score (nSPS) is 23.2. The van der Waals surface area contributed by atoms with Gasteiger partial charge in [0.2, 0.25) is 0 Å². The summed E-state index contributed by atoms with van der Waals surface area (Å²) in [6.45, 7) is 2.47. The molecule has 1 aromatic carbocycles. The second kappa shape index (κ2) is 3.77. The average Bonchev–Trinajstić information content (AvgIpc) is 2.19. The van der Waals surface area contributed by atoms with Crippen molar-refractivity contribution in [2.75, 3.05) is 24.5 Å². The number of benzene rings is 1. The summed E-state index contributed by atoms with van der Waals surface area (Å²) in [5.74, 6) is 0. The third kappa shape index (κ3) is 1.99. The molecule has 3 heteroatoms. The Kier molecular flexibility index (Phi) is 2.47. The maximum Gasteiger partial charge on any atom is 0.122 e. The van der Waals surface area contributed by atoms with E-state index < -0.39 is 6.23 Å². The van der Waals surface area contributed by atoms with Gasteiger partial charge in [-0.2, -0.15) is 0 Å². The predicted molar refractivity (Wildman–Crippen MR) is 52.7 cm³/mol. The van der Waals surface area contributed by atoms with E-state index in [4.69, 9.17) is 0 Å². The molecule has 0 radical (unpaired) electrons. The highest BCUT2D eigenvalue weighted by Gasteiger charge is 2.16. The van der Waals surface area contributed by atoms with Gasteiger partial charge in [0.1, 0.15) is 6.23 Å². The molecule has 3 nitrogen and oxygen atoms in total. The zero-order valence-corrected chi connectivity index (χ0v) is 7.48. The van der Waals surface area contributed by atoms with Gasteiger partial charge in [0.05, 0.1) is 6.54 Å². The van der Waals surface area contributed by atoms with Crippen molar-refractivity contribution in [2.45, 2.75) is 6.23 Å². The van der Waals surface area contributed by atoms with Gasteiger partial charge in [-0.15, -0.1) is 0 Å². The van der Waals surface area contributed by atoms with E-state index in [-0.39, 0.29) is 0 Å². The smallest absolute Gasteiger partial charge is 0.122 e. The van der Waals surface area contributed by atoms with Gasteiger partial charge >= 0.3 is 0 Å². The maximum atomic E-state index is 9.39. The Morgan fingerprint density at radius 3 is 2.77 bits per heavy atom. The summed E-state index contributed by atoms with van der Waals surface area (Å²) in [6, 6.07) is 10.2. The van der Waals surface area contributed by atoms with Crippen molar-refractivity contribution in [3.05, 3.63) is 30.3 Å². The Morgan fingerprint density at radius 2 is 2.08 bits per heavy atom. The molecule has 13 heavy (non-hydrogen) atoms. The van der Waals surface area contributed by atoms with Gasteiger partial charge in [0, 0.05) is 18.8 Å². The molecule has 1 aliphatic heterocycles. The predicted octanol–water partition coefficient (Wildman–Crippen LogP) is 0.415. The first-order valence-electron chi connectivity index (χ1n) is 4.58. The fraction of sp³-hybridized carbons (Fsp3) is 0.400. The molecule has 0 aliphatic carbocycles. The summed E-state index contributed by atoms with van der Waals surface area (Å²) in [7, 11) is 0. The number of rotatable bonds is 1. The van der Waals surface area contributed by atoms with Crippen LogP contribution in [0.3, 0.4) is 0 Å². The van der Waals surface area contributed by atoms with Crippen LogP contribution in [-0.2, 0) is 0 Å². The van der Waals surface area contributed by atoms with E-state index in [0.29, 0.717) is 6.54 Å². The molecule has 0 saturated carbocycles. The Morgan fingerprint density at radius 1 is 1.31 bits per heavy atom. The molecule has 1 unspecified atom stereocenters. The van der Waals surface area contributed by atoms with Crippen LogP contribution in [0.2, 0.25) is 0 Å². The van der Waals surface area contributed by atoms with E-state index in [1.54, 1.807) is 0 Å². The second-order valence-corrected chi connectivity index (χ2v) is 3.25. The molecule has 0 spiro atoms. The first-order valence-corrected chi connectivity index (χ1v) is 4.58. The Hall–Kier alpha value is -1.06. The lowest BCUT2D eigenvalue weighted by molar-refractivity contribution is 0.131. The van der Waals surface area contributed by atoms with Crippen LogP contribution in [0.15, 0.2) is 30.3 Å². The second-order valence-electron chi connectivity index (χ2n) is 3.25. The van der Waals surface area contributed by atoms with Gasteiger partial charge < -0.3 is 10.0 Å². The van der Waals surface area contributed by atoms with Gasteiger partial charge in [0.25, 0.3) is 0 Å². The van der Waals surface area contributed by atoms with Crippen molar-refractivity contribution in [1.29, 1.82) is 0 Å². The molecular weight excluding hydrogens is 164 g/mol. The van der Waals surface area contributed by atoms with Gasteiger partial charge in [0.15, 0.2) is 0 Å². The summed E-state index contributed by atoms with van der Waals surface area (Å²) in [6.07, 6.45) is -0.394. The molecule has 0 bridgehead atoms. The Labute approximate surface area is 78.0 Å². The molecule has 1 heterocycles. The lowest BCUT2D eigenvalue weighted by Gasteiger charge is -2.32. The number of piperazine rings is 1. The first kappa shape index (κ1) is 8.53. The van der Waals surface area contributed by atoms with Crippen LogP contribution in [0, 0.1) is 0 Å². The molecule has 2 N–H and O–H groups in total. The molecule has 1 fully saturated rings. The van der Waals surface area contributed by atoms with Gasteiger partial charge in [-0.25, -0.2) is 0 Å². The van der Waals surface area contributed by atoms with Crippen LogP contribution in [0.5, 0.6) is 0 Å². The van der Waals surface area contributed by atoms with Crippen molar-refractivity contribution >= 4 is 5.69 Å². The largest absolute Gasteiger partial charge is 0.377 e. The Bertz CT molecular complexity index is 263. The van der Waals surface area contributed by atoms with Crippen LogP contribution in [0.4, 0.5) is 5.69 Å². The molecule has 1 aliphatic rings. The number of anilines is 1. The highest BCUT2D eigenvalue weighted by atomic mass is 16.3. The monoisotopic (exact) mass is 178 g/mol. The van der Waals surface area contributed by atoms with Crippen LogP contribution < -0.4 is 10.2 Å². The first-order chi connectivity index (χ1) is 6.36. The van der Waals surface area contributed by atoms with Crippen LogP contribution in [0.1, 0.15) is 0 Å². The van der Waals surface area contributed by atoms with Crippen molar-refractivity contribution < 1.29 is 5.11 Å². The third-order valence-corrected chi connectivity index (χ3v) is 2.28. The minimum Gasteiger partial charge on any atom is -0.377 e. The number of nitrogens with one attached hydrogen (secondary N) is 1. The molecule has 0 amide bonds. The number of hydrogen-bond donors (Lipinski definition) is 2. The summed E-state index contributed by atoms with van der Waals surface area (Å²) in [5.41, 5.74) is 1.18. The van der Waals surface area contributed by atoms with E-state index in [1.165, 1.54) is 5.69 Å². The minimum atomic E-state index is -0.394. The van der Waals surface area contributed by atoms with E-state index in [1.807, 2.05) is 18.2 Å². The highest BCUT2D eigenvalue weighted by molar-refractivity contribution is 5.46. The van der Waals surface area contributed by atoms with Crippen molar-refractivity contribution in [2.24, 2.45) is 0 Å². The molecule has 0 aromatic heterocycles. The lowest BCUT2D eigenvalue weighted by atomic mass is 10.2. The van der Waals surface area contributed by atoms with Crippen molar-refractivity contribution in [3.8, 4) is 0 Å². The highest BCUT2D eigenvalue weighted by Crippen LogP contribution is 2.14. The third-order valence-electron chi connectivity index (χ3n) is 2.28. The average molecular weight is 178 g/mol. The number of para-hydroxylation sites is 1. The Balaban J connectivity index is 2.08. The standard InChI is InChI=1S/C10H14N2O/c13-10-8-12(7-6-11-10)9-4-2-1-3-5-9/h1-5,10-11,13H,6-8H2. The van der Waals surface area contributed by atoms with Crippen LogP contribution >= 0.6 is 0 Å². The number of aliphatic hydroxyl groups excluding tert-OH is 1. The van der Waals surface area contributed by atoms with E-state index in [2.05, 4.69) is 22.3 Å². The van der Waals surface area contributed by atoms with E-state index >= 15 is 0 Å².